The second kappa shape index (κ2) is 9.21. The molecular weight excluding hydrogens is 488 g/mol. The predicted octanol–water partition coefficient (Wildman–Crippen LogP) is 4.35. The van der Waals surface area contributed by atoms with Crippen molar-refractivity contribution in [2.75, 3.05) is 19.8 Å². The zero-order chi connectivity index (χ0) is 21.3. The number of benzene rings is 1. The van der Waals surface area contributed by atoms with Crippen molar-refractivity contribution < 1.29 is 19.1 Å². The minimum Gasteiger partial charge on any atom is -0.465 e. The maximum atomic E-state index is 13.0. The van der Waals surface area contributed by atoms with Crippen LogP contribution in [0.15, 0.2) is 33.8 Å². The van der Waals surface area contributed by atoms with Crippen molar-refractivity contribution in [2.24, 2.45) is 0 Å². The first-order chi connectivity index (χ1) is 14.5. The van der Waals surface area contributed by atoms with Crippen LogP contribution in [0.2, 0.25) is 0 Å². The van der Waals surface area contributed by atoms with Crippen molar-refractivity contribution in [3.63, 3.8) is 0 Å². The van der Waals surface area contributed by atoms with Gasteiger partial charge in [0.25, 0.3) is 5.91 Å². The third kappa shape index (κ3) is 4.49. The Labute approximate surface area is 192 Å². The summed E-state index contributed by atoms with van der Waals surface area (Å²) in [6, 6.07) is 5.85. The van der Waals surface area contributed by atoms with E-state index in [4.69, 9.17) is 21.7 Å². The first kappa shape index (κ1) is 21.5. The summed E-state index contributed by atoms with van der Waals surface area (Å²) in [4.78, 5) is 27.2. The molecule has 0 bridgehead atoms. The van der Waals surface area contributed by atoms with Crippen LogP contribution in [-0.4, -0.2) is 51.5 Å². The maximum absolute atomic E-state index is 13.0. The van der Waals surface area contributed by atoms with Gasteiger partial charge in [-0.1, -0.05) is 39.9 Å². The summed E-state index contributed by atoms with van der Waals surface area (Å²) in [5, 5.41) is 0.943. The molecule has 1 aromatic heterocycles. The first-order valence-electron chi connectivity index (χ1n) is 9.77. The quantitative estimate of drug-likeness (QED) is 0.328. The van der Waals surface area contributed by atoms with Crippen molar-refractivity contribution in [3.05, 3.63) is 39.3 Å². The van der Waals surface area contributed by atoms with Crippen LogP contribution >= 0.6 is 39.9 Å². The molecule has 0 spiro atoms. The Morgan fingerprint density at radius 2 is 2.30 bits per heavy atom. The predicted molar refractivity (Wildman–Crippen MR) is 125 cm³/mol. The van der Waals surface area contributed by atoms with Crippen LogP contribution in [0.4, 0.5) is 0 Å². The molecule has 0 radical (unpaired) electrons. The topological polar surface area (TPSA) is 60.8 Å². The normalized spacial score (nSPS) is 20.7. The van der Waals surface area contributed by atoms with Gasteiger partial charge < -0.3 is 14.0 Å². The average molecular weight is 509 g/mol. The van der Waals surface area contributed by atoms with E-state index >= 15 is 0 Å². The average Bonchev–Trinajstić information content (AvgIpc) is 3.39. The highest BCUT2D eigenvalue weighted by Gasteiger charge is 2.34. The summed E-state index contributed by atoms with van der Waals surface area (Å²) in [7, 11) is 0. The maximum Gasteiger partial charge on any atom is 0.325 e. The number of carbonyl (C=O) groups is 2. The van der Waals surface area contributed by atoms with E-state index in [1.54, 1.807) is 11.8 Å². The fraction of sp³-hybridized carbons (Fsp3) is 0.381. The Morgan fingerprint density at radius 3 is 3.03 bits per heavy atom. The molecule has 2 aliphatic heterocycles. The number of thiocarbonyl (C=S) groups is 1. The van der Waals surface area contributed by atoms with Gasteiger partial charge in [0.1, 0.15) is 10.9 Å². The van der Waals surface area contributed by atoms with Crippen molar-refractivity contribution in [1.29, 1.82) is 0 Å². The fourth-order valence-electron chi connectivity index (χ4n) is 3.68. The molecule has 1 amide bonds. The molecule has 6 nitrogen and oxygen atoms in total. The highest BCUT2D eigenvalue weighted by atomic mass is 79.9. The van der Waals surface area contributed by atoms with Crippen LogP contribution < -0.4 is 0 Å². The molecule has 0 N–H and O–H groups in total. The molecule has 30 heavy (non-hydrogen) atoms. The summed E-state index contributed by atoms with van der Waals surface area (Å²) >= 11 is 10.3. The van der Waals surface area contributed by atoms with Crippen LogP contribution in [0.5, 0.6) is 0 Å². The summed E-state index contributed by atoms with van der Waals surface area (Å²) in [5.74, 6) is -0.395. The van der Waals surface area contributed by atoms with Crippen LogP contribution in [0.1, 0.15) is 25.3 Å². The fourth-order valence-corrected chi connectivity index (χ4v) is 5.31. The monoisotopic (exact) mass is 508 g/mol. The Kier molecular flexibility index (Phi) is 6.62. The Bertz CT molecular complexity index is 1040. The minimum atomic E-state index is -0.299. The molecule has 3 heterocycles. The highest BCUT2D eigenvalue weighted by Crippen LogP contribution is 2.35. The number of ether oxygens (including phenoxy) is 2. The first-order valence-corrected chi connectivity index (χ1v) is 11.8. The molecule has 1 aromatic carbocycles. The van der Waals surface area contributed by atoms with Gasteiger partial charge in [0.05, 0.1) is 24.2 Å². The largest absolute Gasteiger partial charge is 0.465 e. The summed E-state index contributed by atoms with van der Waals surface area (Å²) in [6.07, 6.45) is 5.75. The number of amides is 1. The van der Waals surface area contributed by atoms with Gasteiger partial charge in [-0.3, -0.25) is 14.5 Å². The van der Waals surface area contributed by atoms with Gasteiger partial charge in [-0.05, 0) is 44.0 Å². The molecule has 1 atom stereocenters. The standard InChI is InChI=1S/C21H21BrN2O4S2/c1-2-27-19(25)12-23-10-13(16-9-14(22)5-6-17(16)23)8-18-20(26)24(21(29)30-18)11-15-4-3-7-28-15/h5-6,8-10,15H,2-4,7,11-12H2,1H3/b18-8-/t15-/m0/s1. The van der Waals surface area contributed by atoms with Crippen LogP contribution in [0.25, 0.3) is 17.0 Å². The van der Waals surface area contributed by atoms with E-state index < -0.39 is 0 Å². The zero-order valence-electron chi connectivity index (χ0n) is 16.4. The number of halogens is 1. The number of esters is 1. The number of hydrogen-bond acceptors (Lipinski definition) is 6. The van der Waals surface area contributed by atoms with E-state index in [9.17, 15) is 9.59 Å². The summed E-state index contributed by atoms with van der Waals surface area (Å²) in [6.45, 7) is 3.47. The minimum absolute atomic E-state index is 0.0503. The highest BCUT2D eigenvalue weighted by molar-refractivity contribution is 9.10. The smallest absolute Gasteiger partial charge is 0.325 e. The molecule has 158 valence electrons. The summed E-state index contributed by atoms with van der Waals surface area (Å²) in [5.41, 5.74) is 1.75. The molecule has 4 rings (SSSR count). The van der Waals surface area contributed by atoms with Gasteiger partial charge in [0.2, 0.25) is 0 Å². The Balaban J connectivity index is 1.64. The van der Waals surface area contributed by atoms with Crippen molar-refractivity contribution in [2.45, 2.75) is 32.4 Å². The van der Waals surface area contributed by atoms with Gasteiger partial charge in [0.15, 0.2) is 0 Å². The second-order valence-electron chi connectivity index (χ2n) is 7.11. The van der Waals surface area contributed by atoms with E-state index in [-0.39, 0.29) is 24.5 Å². The number of thioether (sulfide) groups is 1. The SMILES string of the molecule is CCOC(=O)Cn1cc(/C=C2\SC(=S)N(C[C@@H]3CCCO3)C2=O)c2cc(Br)ccc21. The lowest BCUT2D eigenvalue weighted by molar-refractivity contribution is -0.143. The molecule has 2 aromatic rings. The molecule has 0 saturated carbocycles. The zero-order valence-corrected chi connectivity index (χ0v) is 19.6. The van der Waals surface area contributed by atoms with Crippen molar-refractivity contribution in [3.8, 4) is 0 Å². The van der Waals surface area contributed by atoms with Gasteiger partial charge in [0, 0.05) is 33.7 Å². The molecular formula is C21H21BrN2O4S2. The number of fused-ring (bicyclic) bond motifs is 1. The molecule has 2 saturated heterocycles. The summed E-state index contributed by atoms with van der Waals surface area (Å²) < 4.78 is 14.1. The number of aromatic nitrogens is 1. The number of carbonyl (C=O) groups excluding carboxylic acids is 2. The lowest BCUT2D eigenvalue weighted by Gasteiger charge is -2.18. The van der Waals surface area contributed by atoms with Crippen LogP contribution in [0.3, 0.4) is 0 Å². The van der Waals surface area contributed by atoms with E-state index in [0.29, 0.717) is 22.4 Å². The molecule has 0 unspecified atom stereocenters. The van der Waals surface area contributed by atoms with Crippen molar-refractivity contribution >= 4 is 73.1 Å². The van der Waals surface area contributed by atoms with E-state index in [1.165, 1.54) is 11.8 Å². The number of hydrogen-bond donors (Lipinski definition) is 0. The molecule has 2 aliphatic rings. The van der Waals surface area contributed by atoms with Crippen LogP contribution in [-0.2, 0) is 25.6 Å². The van der Waals surface area contributed by atoms with E-state index in [1.807, 2.05) is 35.0 Å². The molecule has 0 aliphatic carbocycles. The second-order valence-corrected chi connectivity index (χ2v) is 9.70. The Morgan fingerprint density at radius 1 is 1.47 bits per heavy atom. The molecule has 9 heteroatoms. The third-order valence-electron chi connectivity index (χ3n) is 5.05. The molecule has 2 fully saturated rings. The van der Waals surface area contributed by atoms with Gasteiger partial charge in [-0.15, -0.1) is 0 Å². The Hall–Kier alpha value is -1.68. The van der Waals surface area contributed by atoms with E-state index in [0.717, 1.165) is 40.4 Å². The van der Waals surface area contributed by atoms with Gasteiger partial charge >= 0.3 is 5.97 Å². The number of rotatable bonds is 6. The lowest BCUT2D eigenvalue weighted by atomic mass is 10.1. The van der Waals surface area contributed by atoms with Gasteiger partial charge in [-0.2, -0.15) is 0 Å². The number of nitrogens with zero attached hydrogens (tertiary/aromatic N) is 2. The van der Waals surface area contributed by atoms with Crippen LogP contribution in [0, 0.1) is 0 Å². The van der Waals surface area contributed by atoms with Gasteiger partial charge in [-0.25, -0.2) is 0 Å². The lowest BCUT2D eigenvalue weighted by Crippen LogP contribution is -2.35. The van der Waals surface area contributed by atoms with Crippen molar-refractivity contribution in [1.82, 2.24) is 9.47 Å². The third-order valence-corrected chi connectivity index (χ3v) is 6.92. The van der Waals surface area contributed by atoms with E-state index in [2.05, 4.69) is 15.9 Å².